The molecule has 0 aliphatic carbocycles. The molecule has 4 aromatic rings. The van der Waals surface area contributed by atoms with Crippen molar-refractivity contribution in [3.05, 3.63) is 85.9 Å². The predicted octanol–water partition coefficient (Wildman–Crippen LogP) is 8.39. The first-order valence-corrected chi connectivity index (χ1v) is 15.8. The third-order valence-electron chi connectivity index (χ3n) is 7.39. The minimum atomic E-state index is -4.57. The molecular formula is C33H32ClF3N4O3S. The Hall–Kier alpha value is -3.96. The second-order valence-electron chi connectivity index (χ2n) is 11.2. The van der Waals surface area contributed by atoms with E-state index in [9.17, 15) is 22.8 Å². The quantitative estimate of drug-likeness (QED) is 0.200. The minimum Gasteiger partial charge on any atom is -0.492 e. The van der Waals surface area contributed by atoms with Gasteiger partial charge in [-0.25, -0.2) is 4.98 Å². The lowest BCUT2D eigenvalue weighted by atomic mass is 9.98. The number of benzene rings is 1. The van der Waals surface area contributed by atoms with Gasteiger partial charge in [0, 0.05) is 35.3 Å². The molecule has 5 rings (SSSR count). The number of hydrogen-bond donors (Lipinski definition) is 0. The van der Waals surface area contributed by atoms with Crippen molar-refractivity contribution in [2.45, 2.75) is 46.7 Å². The van der Waals surface area contributed by atoms with E-state index < -0.39 is 17.4 Å². The Kier molecular flexibility index (Phi) is 9.50. The van der Waals surface area contributed by atoms with Crippen molar-refractivity contribution < 1.29 is 22.7 Å². The van der Waals surface area contributed by atoms with Crippen LogP contribution in [0.15, 0.2) is 58.3 Å². The van der Waals surface area contributed by atoms with Crippen LogP contribution in [0.2, 0.25) is 5.02 Å². The van der Waals surface area contributed by atoms with Crippen LogP contribution < -0.4 is 10.3 Å². The van der Waals surface area contributed by atoms with Crippen LogP contribution in [0, 0.1) is 5.92 Å². The van der Waals surface area contributed by atoms with Crippen LogP contribution in [0.25, 0.3) is 33.6 Å². The van der Waals surface area contributed by atoms with Gasteiger partial charge in [0.1, 0.15) is 16.5 Å². The van der Waals surface area contributed by atoms with Crippen LogP contribution in [-0.4, -0.2) is 45.0 Å². The minimum absolute atomic E-state index is 0.160. The Morgan fingerprint density at radius 1 is 1.20 bits per heavy atom. The largest absolute Gasteiger partial charge is 0.492 e. The molecule has 0 spiro atoms. The second-order valence-corrected chi connectivity index (χ2v) is 12.5. The predicted molar refractivity (Wildman–Crippen MR) is 171 cm³/mol. The number of rotatable bonds is 7. The lowest BCUT2D eigenvalue weighted by Gasteiger charge is -2.32. The van der Waals surface area contributed by atoms with E-state index in [1.807, 2.05) is 25.7 Å². The molecule has 1 saturated heterocycles. The number of ether oxygens (including phenoxy) is 1. The lowest BCUT2D eigenvalue weighted by molar-refractivity contribution is -0.141. The van der Waals surface area contributed by atoms with Crippen molar-refractivity contribution >= 4 is 34.9 Å². The number of alkyl halides is 3. The number of pyridine rings is 2. The summed E-state index contributed by atoms with van der Waals surface area (Å²) < 4.78 is 46.6. The maximum atomic E-state index is 14.5. The molecule has 1 aromatic carbocycles. The Labute approximate surface area is 268 Å². The van der Waals surface area contributed by atoms with Gasteiger partial charge in [0.05, 0.1) is 34.8 Å². The van der Waals surface area contributed by atoms with Gasteiger partial charge in [0.2, 0.25) is 0 Å². The number of carbonyl (C=O) groups excluding carboxylic acids is 1. The molecule has 1 amide bonds. The molecule has 1 aliphatic heterocycles. The van der Waals surface area contributed by atoms with E-state index in [4.69, 9.17) is 16.3 Å². The Morgan fingerprint density at radius 3 is 2.62 bits per heavy atom. The van der Waals surface area contributed by atoms with Crippen molar-refractivity contribution in [2.24, 2.45) is 5.92 Å². The van der Waals surface area contributed by atoms with Gasteiger partial charge in [-0.05, 0) is 82.0 Å². The molecule has 1 atom stereocenters. The molecule has 1 fully saturated rings. The van der Waals surface area contributed by atoms with Crippen molar-refractivity contribution in [1.82, 2.24) is 19.4 Å². The third-order valence-corrected chi connectivity index (χ3v) is 8.50. The van der Waals surface area contributed by atoms with Gasteiger partial charge >= 0.3 is 6.18 Å². The highest BCUT2D eigenvalue weighted by molar-refractivity contribution is 7.13. The molecule has 236 valence electrons. The zero-order chi connectivity index (χ0) is 32.5. The average molecular weight is 657 g/mol. The standard InChI is InChI=1S/C33H32ClF3N4O3S/c1-5-44-28-10-9-22(34)14-27(28)41-26(13-19(2)3)23(31(42)40-12-6-7-20(4)17-40)15-24(32(41)43)30-39-25(18-45-30)21-8-11-29(38-16-21)33(35,36)37/h8-11,13-16,18,20H,5-7,12,17H2,1-4H3/t20-/m0/s1. The topological polar surface area (TPSA) is 77.3 Å². The number of carbonyl (C=O) groups is 1. The Balaban J connectivity index is 1.75. The van der Waals surface area contributed by atoms with Crippen LogP contribution in [0.1, 0.15) is 62.3 Å². The van der Waals surface area contributed by atoms with E-state index >= 15 is 0 Å². The molecule has 4 heterocycles. The molecule has 0 N–H and O–H groups in total. The monoisotopic (exact) mass is 656 g/mol. The smallest absolute Gasteiger partial charge is 0.433 e. The zero-order valence-corrected chi connectivity index (χ0v) is 26.8. The van der Waals surface area contributed by atoms with Gasteiger partial charge < -0.3 is 9.64 Å². The number of piperidine rings is 1. The molecule has 0 saturated carbocycles. The fourth-order valence-corrected chi connectivity index (χ4v) is 6.34. The Morgan fingerprint density at radius 2 is 1.98 bits per heavy atom. The van der Waals surface area contributed by atoms with Crippen molar-refractivity contribution in [3.63, 3.8) is 0 Å². The van der Waals surface area contributed by atoms with E-state index in [1.54, 1.807) is 35.7 Å². The zero-order valence-electron chi connectivity index (χ0n) is 25.2. The normalized spacial score (nSPS) is 15.2. The van der Waals surface area contributed by atoms with Crippen LogP contribution in [0.4, 0.5) is 13.2 Å². The van der Waals surface area contributed by atoms with Gasteiger partial charge in [0.15, 0.2) is 0 Å². The van der Waals surface area contributed by atoms with E-state index in [0.717, 1.165) is 42.0 Å². The molecule has 45 heavy (non-hydrogen) atoms. The summed E-state index contributed by atoms with van der Waals surface area (Å²) in [5.41, 5.74) is 1.34. The first kappa shape index (κ1) is 32.4. The highest BCUT2D eigenvalue weighted by Crippen LogP contribution is 2.34. The average Bonchev–Trinajstić information content (AvgIpc) is 3.48. The maximum Gasteiger partial charge on any atom is 0.433 e. The summed E-state index contributed by atoms with van der Waals surface area (Å²) in [4.78, 5) is 38.7. The number of allylic oxidation sites excluding steroid dienone is 1. The number of aromatic nitrogens is 3. The summed E-state index contributed by atoms with van der Waals surface area (Å²) in [6.07, 6.45) is 0.224. The number of nitrogens with zero attached hydrogens (tertiary/aromatic N) is 4. The molecule has 3 aromatic heterocycles. The van der Waals surface area contributed by atoms with Gasteiger partial charge in [0.25, 0.3) is 11.5 Å². The van der Waals surface area contributed by atoms with Gasteiger partial charge in [-0.1, -0.05) is 24.1 Å². The van der Waals surface area contributed by atoms with Gasteiger partial charge in [-0.3, -0.25) is 19.1 Å². The summed E-state index contributed by atoms with van der Waals surface area (Å²) in [5.74, 6) is 0.522. The summed E-state index contributed by atoms with van der Waals surface area (Å²) in [7, 11) is 0. The second kappa shape index (κ2) is 13.2. The Bertz CT molecular complexity index is 1810. The van der Waals surface area contributed by atoms with Crippen LogP contribution in [-0.2, 0) is 6.18 Å². The van der Waals surface area contributed by atoms with Crippen molar-refractivity contribution in [2.75, 3.05) is 19.7 Å². The molecule has 7 nitrogen and oxygen atoms in total. The van der Waals surface area contributed by atoms with Crippen molar-refractivity contribution in [3.8, 4) is 33.3 Å². The molecule has 0 bridgehead atoms. The first-order valence-electron chi connectivity index (χ1n) is 14.5. The molecule has 0 radical (unpaired) electrons. The summed E-state index contributed by atoms with van der Waals surface area (Å²) in [5, 5.41) is 2.32. The summed E-state index contributed by atoms with van der Waals surface area (Å²) in [6.45, 7) is 9.21. The van der Waals surface area contributed by atoms with Crippen LogP contribution in [0.3, 0.4) is 0 Å². The highest BCUT2D eigenvalue weighted by atomic mass is 35.5. The molecule has 1 aliphatic rings. The maximum absolute atomic E-state index is 14.5. The third kappa shape index (κ3) is 6.99. The van der Waals surface area contributed by atoms with Gasteiger partial charge in [-0.2, -0.15) is 13.2 Å². The highest BCUT2D eigenvalue weighted by Gasteiger charge is 2.32. The van der Waals surface area contributed by atoms with E-state index in [1.165, 1.54) is 10.6 Å². The van der Waals surface area contributed by atoms with Crippen LogP contribution in [0.5, 0.6) is 5.75 Å². The molecular weight excluding hydrogens is 625 g/mol. The SMILES string of the molecule is CCOc1ccc(Cl)cc1-n1c(C=C(C)C)c(C(=O)N2CCC[C@H](C)C2)cc(-c2nc(-c3ccc(C(F)(F)F)nc3)cs2)c1=O. The van der Waals surface area contributed by atoms with E-state index in [2.05, 4.69) is 16.9 Å². The number of halogens is 4. The van der Waals surface area contributed by atoms with Gasteiger partial charge in [-0.15, -0.1) is 11.3 Å². The number of hydrogen-bond acceptors (Lipinski definition) is 6. The fraction of sp³-hybridized carbons (Fsp3) is 0.333. The van der Waals surface area contributed by atoms with E-state index in [0.29, 0.717) is 69.6 Å². The van der Waals surface area contributed by atoms with E-state index in [-0.39, 0.29) is 11.5 Å². The summed E-state index contributed by atoms with van der Waals surface area (Å²) in [6, 6.07) is 8.72. The lowest BCUT2D eigenvalue weighted by Crippen LogP contribution is -2.40. The number of likely N-dealkylation sites (tertiary alicyclic amines) is 1. The number of thiazole rings is 1. The molecule has 0 unspecified atom stereocenters. The first-order chi connectivity index (χ1) is 21.4. The summed E-state index contributed by atoms with van der Waals surface area (Å²) >= 11 is 7.58. The molecule has 12 heteroatoms. The van der Waals surface area contributed by atoms with Crippen molar-refractivity contribution in [1.29, 1.82) is 0 Å². The fourth-order valence-electron chi connectivity index (χ4n) is 5.34. The number of amides is 1. The van der Waals surface area contributed by atoms with Crippen LogP contribution >= 0.6 is 22.9 Å².